The van der Waals surface area contributed by atoms with Crippen LogP contribution in [0.3, 0.4) is 0 Å². The summed E-state index contributed by atoms with van der Waals surface area (Å²) in [7, 11) is 0. The summed E-state index contributed by atoms with van der Waals surface area (Å²) in [5, 5.41) is 6.19. The van der Waals surface area contributed by atoms with E-state index in [1.54, 1.807) is 18.2 Å². The van der Waals surface area contributed by atoms with Gasteiger partial charge >= 0.3 is 0 Å². The minimum absolute atomic E-state index is 0.178. The Morgan fingerprint density at radius 3 is 2.65 bits per heavy atom. The fourth-order valence-corrected chi connectivity index (χ4v) is 2.24. The van der Waals surface area contributed by atoms with E-state index in [9.17, 15) is 9.59 Å². The van der Waals surface area contributed by atoms with Gasteiger partial charge in [0.1, 0.15) is 5.69 Å². The van der Waals surface area contributed by atoms with Crippen molar-refractivity contribution in [3.63, 3.8) is 0 Å². The molecule has 1 fully saturated rings. The summed E-state index contributed by atoms with van der Waals surface area (Å²) >= 11 is 6.04. The van der Waals surface area contributed by atoms with Gasteiger partial charge in [-0.05, 0) is 49.6 Å². The number of pyridine rings is 1. The Morgan fingerprint density at radius 2 is 1.96 bits per heavy atom. The first-order valence-corrected chi connectivity index (χ1v) is 7.75. The van der Waals surface area contributed by atoms with Crippen LogP contribution in [0.2, 0.25) is 5.02 Å². The van der Waals surface area contributed by atoms with Gasteiger partial charge in [0.2, 0.25) is 0 Å². The average molecular weight is 330 g/mol. The van der Waals surface area contributed by atoms with Crippen LogP contribution in [0.4, 0.5) is 5.69 Å². The van der Waals surface area contributed by atoms with Crippen LogP contribution in [0.1, 0.15) is 39.3 Å². The smallest absolute Gasteiger partial charge is 0.274 e. The number of nitrogens with one attached hydrogen (secondary N) is 2. The molecular formula is C17H16ClN3O2. The number of amides is 2. The molecule has 23 heavy (non-hydrogen) atoms. The molecule has 0 saturated heterocycles. The highest BCUT2D eigenvalue weighted by molar-refractivity contribution is 6.31. The van der Waals surface area contributed by atoms with Gasteiger partial charge < -0.3 is 10.6 Å². The summed E-state index contributed by atoms with van der Waals surface area (Å²) in [6.07, 6.45) is 3.48. The van der Waals surface area contributed by atoms with Crippen LogP contribution in [0.15, 0.2) is 36.5 Å². The first kappa shape index (κ1) is 15.5. The molecule has 5 nitrogen and oxygen atoms in total. The Balaban J connectivity index is 1.73. The maximum absolute atomic E-state index is 12.3. The molecule has 1 heterocycles. The van der Waals surface area contributed by atoms with E-state index in [1.807, 2.05) is 13.0 Å². The van der Waals surface area contributed by atoms with Crippen molar-refractivity contribution < 1.29 is 9.59 Å². The number of nitrogens with zero attached hydrogens (tertiary/aromatic N) is 1. The van der Waals surface area contributed by atoms with Crippen molar-refractivity contribution in [1.82, 2.24) is 10.3 Å². The maximum Gasteiger partial charge on any atom is 0.274 e. The molecule has 118 valence electrons. The molecule has 1 aromatic heterocycles. The zero-order valence-electron chi connectivity index (χ0n) is 12.6. The third-order valence-electron chi connectivity index (χ3n) is 3.60. The molecule has 0 aliphatic heterocycles. The summed E-state index contributed by atoms with van der Waals surface area (Å²) in [5.41, 5.74) is 2.13. The van der Waals surface area contributed by atoms with Crippen LogP contribution in [0, 0.1) is 6.92 Å². The number of carbonyl (C=O) groups excluding carboxylic acids is 2. The van der Waals surface area contributed by atoms with E-state index in [4.69, 9.17) is 11.6 Å². The Bertz CT molecular complexity index is 772. The third-order valence-corrected chi connectivity index (χ3v) is 4.00. The molecule has 6 heteroatoms. The molecule has 0 radical (unpaired) electrons. The minimum Gasteiger partial charge on any atom is -0.349 e. The molecule has 2 amide bonds. The van der Waals surface area contributed by atoms with Crippen LogP contribution >= 0.6 is 11.6 Å². The van der Waals surface area contributed by atoms with E-state index in [0.717, 1.165) is 18.4 Å². The number of halogens is 1. The average Bonchev–Trinajstić information content (AvgIpc) is 3.35. The van der Waals surface area contributed by atoms with Crippen LogP contribution in [0.25, 0.3) is 0 Å². The van der Waals surface area contributed by atoms with Crippen molar-refractivity contribution in [2.45, 2.75) is 25.8 Å². The number of benzene rings is 1. The van der Waals surface area contributed by atoms with Gasteiger partial charge in [0.25, 0.3) is 11.8 Å². The molecule has 1 aliphatic rings. The molecule has 1 saturated carbocycles. The molecule has 0 spiro atoms. The highest BCUT2D eigenvalue weighted by atomic mass is 35.5. The first-order valence-electron chi connectivity index (χ1n) is 7.37. The Labute approximate surface area is 139 Å². The number of aromatic nitrogens is 1. The predicted octanol–water partition coefficient (Wildman–Crippen LogP) is 3.19. The minimum atomic E-state index is -0.383. The lowest BCUT2D eigenvalue weighted by atomic mass is 10.2. The molecule has 2 N–H and O–H groups in total. The molecule has 0 unspecified atom stereocenters. The van der Waals surface area contributed by atoms with Crippen LogP contribution < -0.4 is 10.6 Å². The van der Waals surface area contributed by atoms with Crippen molar-refractivity contribution in [3.8, 4) is 0 Å². The first-order chi connectivity index (χ1) is 11.0. The standard InChI is InChI=1S/C17H16ClN3O2/c1-10-2-3-13(9-14(10)18)21-17(23)15-8-11(6-7-19-15)16(22)20-12-4-5-12/h2-3,6-9,12H,4-5H2,1H3,(H,20,22)(H,21,23). The van der Waals surface area contributed by atoms with Gasteiger partial charge in [-0.2, -0.15) is 0 Å². The van der Waals surface area contributed by atoms with E-state index < -0.39 is 0 Å². The zero-order chi connectivity index (χ0) is 16.4. The van der Waals surface area contributed by atoms with Crippen molar-refractivity contribution in [3.05, 3.63) is 58.4 Å². The van der Waals surface area contributed by atoms with E-state index in [-0.39, 0.29) is 23.6 Å². The van der Waals surface area contributed by atoms with Gasteiger partial charge in [-0.15, -0.1) is 0 Å². The number of anilines is 1. The van der Waals surface area contributed by atoms with E-state index in [0.29, 0.717) is 16.3 Å². The summed E-state index contributed by atoms with van der Waals surface area (Å²) in [6.45, 7) is 1.89. The largest absolute Gasteiger partial charge is 0.349 e. The molecular weight excluding hydrogens is 314 g/mol. The quantitative estimate of drug-likeness (QED) is 0.905. The van der Waals surface area contributed by atoms with Gasteiger partial charge in [0.05, 0.1) is 0 Å². The molecule has 0 atom stereocenters. The van der Waals surface area contributed by atoms with Crippen LogP contribution in [0.5, 0.6) is 0 Å². The molecule has 1 aromatic carbocycles. The van der Waals surface area contributed by atoms with Gasteiger partial charge in [-0.1, -0.05) is 17.7 Å². The number of carbonyl (C=O) groups is 2. The van der Waals surface area contributed by atoms with Gasteiger partial charge in [0.15, 0.2) is 0 Å². The fraction of sp³-hybridized carbons (Fsp3) is 0.235. The number of rotatable bonds is 4. The molecule has 0 bridgehead atoms. The van der Waals surface area contributed by atoms with Crippen LogP contribution in [-0.2, 0) is 0 Å². The summed E-state index contributed by atoms with van der Waals surface area (Å²) < 4.78 is 0. The lowest BCUT2D eigenvalue weighted by molar-refractivity contribution is 0.0951. The number of hydrogen-bond donors (Lipinski definition) is 2. The normalized spacial score (nSPS) is 13.5. The zero-order valence-corrected chi connectivity index (χ0v) is 13.4. The predicted molar refractivity (Wildman–Crippen MR) is 88.9 cm³/mol. The monoisotopic (exact) mass is 329 g/mol. The summed E-state index contributed by atoms with van der Waals surface area (Å²) in [4.78, 5) is 28.3. The molecule has 2 aromatic rings. The third kappa shape index (κ3) is 3.87. The van der Waals surface area contributed by atoms with Gasteiger partial charge in [0, 0.05) is 28.5 Å². The SMILES string of the molecule is Cc1ccc(NC(=O)c2cc(C(=O)NC3CC3)ccn2)cc1Cl. The number of hydrogen-bond acceptors (Lipinski definition) is 3. The van der Waals surface area contributed by atoms with Crippen molar-refractivity contribution >= 4 is 29.1 Å². The molecule has 3 rings (SSSR count). The van der Waals surface area contributed by atoms with E-state index in [1.165, 1.54) is 12.3 Å². The topological polar surface area (TPSA) is 71.1 Å². The maximum atomic E-state index is 12.3. The second-order valence-corrected chi connectivity index (χ2v) is 6.00. The van der Waals surface area contributed by atoms with Gasteiger partial charge in [-0.25, -0.2) is 0 Å². The Morgan fingerprint density at radius 1 is 1.17 bits per heavy atom. The second-order valence-electron chi connectivity index (χ2n) is 5.60. The van der Waals surface area contributed by atoms with Crippen molar-refractivity contribution in [2.24, 2.45) is 0 Å². The highest BCUT2D eigenvalue weighted by Crippen LogP contribution is 2.21. The summed E-state index contributed by atoms with van der Waals surface area (Å²) in [6, 6.07) is 8.62. The lowest BCUT2D eigenvalue weighted by Crippen LogP contribution is -2.26. The van der Waals surface area contributed by atoms with E-state index in [2.05, 4.69) is 15.6 Å². The summed E-state index contributed by atoms with van der Waals surface area (Å²) in [5.74, 6) is -0.562. The molecule has 1 aliphatic carbocycles. The van der Waals surface area contributed by atoms with Crippen molar-refractivity contribution in [1.29, 1.82) is 0 Å². The van der Waals surface area contributed by atoms with E-state index >= 15 is 0 Å². The Kier molecular flexibility index (Phi) is 4.30. The second kappa shape index (κ2) is 6.38. The Hall–Kier alpha value is -2.40. The fourth-order valence-electron chi connectivity index (χ4n) is 2.06. The van der Waals surface area contributed by atoms with Crippen LogP contribution in [-0.4, -0.2) is 22.8 Å². The highest BCUT2D eigenvalue weighted by Gasteiger charge is 2.24. The number of aryl methyl sites for hydroxylation is 1. The lowest BCUT2D eigenvalue weighted by Gasteiger charge is -2.08. The van der Waals surface area contributed by atoms with Gasteiger partial charge in [-0.3, -0.25) is 14.6 Å². The van der Waals surface area contributed by atoms with Crippen molar-refractivity contribution in [2.75, 3.05) is 5.32 Å².